The average molecular weight is 252 g/mol. The average Bonchev–Trinajstić information content (AvgIpc) is 2.74. The number of benzene rings is 1. The number of carbonyl (C=O) groups excluding carboxylic acids is 2. The largest absolute Gasteiger partial charge is 0.393 e. The van der Waals surface area contributed by atoms with E-state index in [0.29, 0.717) is 6.42 Å². The van der Waals surface area contributed by atoms with E-state index in [1.54, 1.807) is 0 Å². The van der Waals surface area contributed by atoms with Crippen LogP contribution in [-0.4, -0.2) is 11.9 Å². The fourth-order valence-electron chi connectivity index (χ4n) is 3.40. The number of cyclic esters (lactones) is 2. The minimum atomic E-state index is -0.366. The van der Waals surface area contributed by atoms with Crippen LogP contribution >= 0.6 is 0 Å². The molecule has 3 unspecified atom stereocenters. The van der Waals surface area contributed by atoms with Crippen molar-refractivity contribution in [1.29, 1.82) is 0 Å². The van der Waals surface area contributed by atoms with Crippen LogP contribution < -0.4 is 0 Å². The Kier molecular flexibility index (Phi) is 2.07. The quantitative estimate of drug-likeness (QED) is 0.526. The highest BCUT2D eigenvalue weighted by molar-refractivity contribution is 6.00. The van der Waals surface area contributed by atoms with Crippen molar-refractivity contribution >= 4 is 23.6 Å². The molecule has 3 nitrogen and oxygen atoms in total. The van der Waals surface area contributed by atoms with Crippen LogP contribution in [0.25, 0.3) is 11.6 Å². The van der Waals surface area contributed by atoms with Gasteiger partial charge in [-0.2, -0.15) is 0 Å². The Morgan fingerprint density at radius 3 is 2.84 bits per heavy atom. The Hall–Kier alpha value is -2.16. The third-order valence-corrected chi connectivity index (χ3v) is 4.30. The summed E-state index contributed by atoms with van der Waals surface area (Å²) in [4.78, 5) is 23.5. The zero-order valence-corrected chi connectivity index (χ0v) is 10.2. The molecular formula is C16H12O3. The second-order valence-corrected chi connectivity index (χ2v) is 5.24. The van der Waals surface area contributed by atoms with Crippen LogP contribution in [0, 0.1) is 17.8 Å². The predicted molar refractivity (Wildman–Crippen MR) is 69.6 cm³/mol. The van der Waals surface area contributed by atoms with E-state index in [-0.39, 0.29) is 29.7 Å². The first-order valence-corrected chi connectivity index (χ1v) is 6.49. The minimum absolute atomic E-state index is 0.0207. The van der Waals surface area contributed by atoms with Crippen molar-refractivity contribution in [1.82, 2.24) is 0 Å². The molecular weight excluding hydrogens is 240 g/mol. The molecule has 1 fully saturated rings. The third-order valence-electron chi connectivity index (χ3n) is 4.30. The zero-order chi connectivity index (χ0) is 13.0. The van der Waals surface area contributed by atoms with Crippen LogP contribution in [0.5, 0.6) is 0 Å². The second-order valence-electron chi connectivity index (χ2n) is 5.24. The number of carbonyl (C=O) groups is 2. The molecule has 3 atom stereocenters. The summed E-state index contributed by atoms with van der Waals surface area (Å²) in [6.45, 7) is 0. The van der Waals surface area contributed by atoms with Crippen LogP contribution in [0.3, 0.4) is 0 Å². The smallest absolute Gasteiger partial charge is 0.318 e. The molecule has 1 aromatic carbocycles. The van der Waals surface area contributed by atoms with Crippen molar-refractivity contribution in [3.63, 3.8) is 0 Å². The lowest BCUT2D eigenvalue weighted by Crippen LogP contribution is -2.30. The molecule has 0 N–H and O–H groups in total. The highest BCUT2D eigenvalue weighted by Crippen LogP contribution is 2.47. The molecule has 3 heteroatoms. The molecule has 94 valence electrons. The fraction of sp³-hybridized carbons (Fsp3) is 0.250. The maximum Gasteiger partial charge on any atom is 0.318 e. The summed E-state index contributed by atoms with van der Waals surface area (Å²) in [6, 6.07) is 8.14. The van der Waals surface area contributed by atoms with Crippen LogP contribution in [0.1, 0.15) is 17.5 Å². The van der Waals surface area contributed by atoms with Gasteiger partial charge in [0.15, 0.2) is 0 Å². The molecule has 0 spiro atoms. The summed E-state index contributed by atoms with van der Waals surface area (Å²) in [7, 11) is 0. The van der Waals surface area contributed by atoms with Gasteiger partial charge >= 0.3 is 11.9 Å². The van der Waals surface area contributed by atoms with Gasteiger partial charge in [-0.25, -0.2) is 0 Å². The van der Waals surface area contributed by atoms with Crippen molar-refractivity contribution in [2.45, 2.75) is 6.42 Å². The van der Waals surface area contributed by atoms with Crippen molar-refractivity contribution in [2.24, 2.45) is 17.8 Å². The summed E-state index contributed by atoms with van der Waals surface area (Å²) in [5.74, 6) is -1.38. The lowest BCUT2D eigenvalue weighted by molar-refractivity contribution is -0.153. The normalized spacial score (nSPS) is 31.2. The first kappa shape index (κ1) is 10.7. The van der Waals surface area contributed by atoms with E-state index in [1.165, 1.54) is 11.1 Å². The molecule has 0 aromatic heterocycles. The van der Waals surface area contributed by atoms with Gasteiger partial charge in [0, 0.05) is 5.92 Å². The van der Waals surface area contributed by atoms with Crippen molar-refractivity contribution in [3.8, 4) is 0 Å². The number of esters is 2. The summed E-state index contributed by atoms with van der Waals surface area (Å²) in [5, 5.41) is 0. The minimum Gasteiger partial charge on any atom is -0.393 e. The second kappa shape index (κ2) is 3.67. The maximum atomic E-state index is 11.9. The SMILES string of the molecule is O=C1OC(=O)C2C3C=Cc4ccccc4C3=CCC12. The Bertz CT molecular complexity index is 654. The molecule has 3 aliphatic rings. The van der Waals surface area contributed by atoms with Gasteiger partial charge in [0.05, 0.1) is 11.8 Å². The first-order valence-electron chi connectivity index (χ1n) is 6.49. The molecule has 0 radical (unpaired) electrons. The molecule has 0 amide bonds. The van der Waals surface area contributed by atoms with Gasteiger partial charge in [-0.3, -0.25) is 9.59 Å². The molecule has 4 rings (SSSR count). The Morgan fingerprint density at radius 1 is 1.11 bits per heavy atom. The predicted octanol–water partition coefficient (Wildman–Crippen LogP) is 2.43. The molecule has 2 aliphatic carbocycles. The molecule has 0 bridgehead atoms. The van der Waals surface area contributed by atoms with E-state index in [4.69, 9.17) is 4.74 Å². The maximum absolute atomic E-state index is 11.9. The van der Waals surface area contributed by atoms with Crippen LogP contribution in [-0.2, 0) is 14.3 Å². The van der Waals surface area contributed by atoms with Crippen LogP contribution in [0.4, 0.5) is 0 Å². The Morgan fingerprint density at radius 2 is 1.95 bits per heavy atom. The lowest BCUT2D eigenvalue weighted by atomic mass is 9.68. The summed E-state index contributed by atoms with van der Waals surface area (Å²) in [5.41, 5.74) is 3.49. The number of rotatable bonds is 0. The van der Waals surface area contributed by atoms with Crippen LogP contribution in [0.15, 0.2) is 36.4 Å². The van der Waals surface area contributed by atoms with Gasteiger partial charge in [-0.05, 0) is 23.1 Å². The fourth-order valence-corrected chi connectivity index (χ4v) is 3.40. The third kappa shape index (κ3) is 1.38. The highest BCUT2D eigenvalue weighted by atomic mass is 16.6. The molecule has 1 aliphatic heterocycles. The zero-order valence-electron chi connectivity index (χ0n) is 10.2. The van der Waals surface area contributed by atoms with Gasteiger partial charge in [0.2, 0.25) is 0 Å². The number of fused-ring (bicyclic) bond motifs is 5. The summed E-state index contributed by atoms with van der Waals surface area (Å²) in [6.07, 6.45) is 6.76. The summed E-state index contributed by atoms with van der Waals surface area (Å²) < 4.78 is 4.80. The lowest BCUT2D eigenvalue weighted by Gasteiger charge is -2.31. The van der Waals surface area contributed by atoms with Gasteiger partial charge in [-0.1, -0.05) is 42.5 Å². The monoisotopic (exact) mass is 252 g/mol. The number of ether oxygens (including phenoxy) is 1. The van der Waals surface area contributed by atoms with E-state index in [1.807, 2.05) is 24.3 Å². The van der Waals surface area contributed by atoms with E-state index in [9.17, 15) is 9.59 Å². The molecule has 1 heterocycles. The Labute approximate surface area is 110 Å². The van der Waals surface area contributed by atoms with Crippen molar-refractivity contribution < 1.29 is 14.3 Å². The van der Waals surface area contributed by atoms with Gasteiger partial charge in [0.25, 0.3) is 0 Å². The molecule has 1 aromatic rings. The molecule has 1 saturated heterocycles. The van der Waals surface area contributed by atoms with E-state index in [0.717, 1.165) is 5.57 Å². The van der Waals surface area contributed by atoms with Crippen molar-refractivity contribution in [2.75, 3.05) is 0 Å². The van der Waals surface area contributed by atoms with E-state index < -0.39 is 0 Å². The van der Waals surface area contributed by atoms with Gasteiger partial charge < -0.3 is 4.74 Å². The standard InChI is InChI=1S/C16H12O3/c17-15-13-8-7-11-10-4-2-1-3-9(10)5-6-12(11)14(13)16(18)19-15/h1-7,12-14H,8H2. The van der Waals surface area contributed by atoms with Gasteiger partial charge in [0.1, 0.15) is 0 Å². The van der Waals surface area contributed by atoms with E-state index >= 15 is 0 Å². The van der Waals surface area contributed by atoms with E-state index in [2.05, 4.69) is 18.2 Å². The Balaban J connectivity index is 1.86. The van der Waals surface area contributed by atoms with Crippen LogP contribution in [0.2, 0.25) is 0 Å². The highest BCUT2D eigenvalue weighted by Gasteiger charge is 2.50. The number of allylic oxidation sites excluding steroid dienone is 3. The summed E-state index contributed by atoms with van der Waals surface area (Å²) >= 11 is 0. The molecule has 0 saturated carbocycles. The van der Waals surface area contributed by atoms with Gasteiger partial charge in [-0.15, -0.1) is 0 Å². The molecule has 19 heavy (non-hydrogen) atoms. The number of hydrogen-bond donors (Lipinski definition) is 0. The first-order chi connectivity index (χ1) is 9.25. The topological polar surface area (TPSA) is 43.4 Å². The van der Waals surface area contributed by atoms with Crippen molar-refractivity contribution in [3.05, 3.63) is 47.5 Å². The number of hydrogen-bond acceptors (Lipinski definition) is 3.